The van der Waals surface area contributed by atoms with Gasteiger partial charge in [-0.25, -0.2) is 0 Å². The molecule has 0 amide bonds. The fourth-order valence-corrected chi connectivity index (χ4v) is 2.46. The molecule has 0 aliphatic heterocycles. The third-order valence-electron chi connectivity index (χ3n) is 2.88. The number of rotatable bonds is 2. The molecule has 0 radical (unpaired) electrons. The van der Waals surface area contributed by atoms with Crippen molar-refractivity contribution in [3.8, 4) is 0 Å². The molecule has 0 heterocycles. The highest BCUT2D eigenvalue weighted by atomic mass is 32.2. The quantitative estimate of drug-likeness (QED) is 0.610. The molecule has 1 fully saturated rings. The zero-order chi connectivity index (χ0) is 8.81. The predicted octanol–water partition coefficient (Wildman–Crippen LogP) is 3.31. The van der Waals surface area contributed by atoms with E-state index in [1.165, 1.54) is 44.9 Å². The van der Waals surface area contributed by atoms with E-state index in [9.17, 15) is 0 Å². The number of hydrogen-bond acceptors (Lipinski definition) is 2. The van der Waals surface area contributed by atoms with Gasteiger partial charge in [-0.05, 0) is 26.1 Å². The zero-order valence-electron chi connectivity index (χ0n) is 8.38. The van der Waals surface area contributed by atoms with Crippen LogP contribution in [0.5, 0.6) is 0 Å². The highest BCUT2D eigenvalue weighted by Crippen LogP contribution is 2.23. The van der Waals surface area contributed by atoms with Crippen LogP contribution >= 0.6 is 11.9 Å². The van der Waals surface area contributed by atoms with Crippen molar-refractivity contribution in [2.75, 3.05) is 13.3 Å². The summed E-state index contributed by atoms with van der Waals surface area (Å²) >= 11 is 1.88. The highest BCUT2D eigenvalue weighted by Gasteiger charge is 2.14. The molecule has 1 aliphatic rings. The lowest BCUT2D eigenvalue weighted by molar-refractivity contribution is 0.323. The summed E-state index contributed by atoms with van der Waals surface area (Å²) in [5.74, 6) is 0. The Kier molecular flexibility index (Phi) is 5.08. The van der Waals surface area contributed by atoms with Gasteiger partial charge in [0, 0.05) is 6.04 Å². The maximum atomic E-state index is 2.44. The van der Waals surface area contributed by atoms with Crippen molar-refractivity contribution in [1.82, 2.24) is 4.31 Å². The van der Waals surface area contributed by atoms with E-state index < -0.39 is 0 Å². The summed E-state index contributed by atoms with van der Waals surface area (Å²) in [5.41, 5.74) is 0. The first-order chi connectivity index (χ1) is 5.84. The van der Waals surface area contributed by atoms with Crippen LogP contribution in [-0.4, -0.2) is 23.7 Å². The first kappa shape index (κ1) is 10.4. The van der Waals surface area contributed by atoms with E-state index in [1.807, 2.05) is 11.9 Å². The van der Waals surface area contributed by atoms with E-state index in [1.54, 1.807) is 0 Å². The summed E-state index contributed by atoms with van der Waals surface area (Å²) in [5, 5.41) is 0. The maximum Gasteiger partial charge on any atom is 0.0199 e. The van der Waals surface area contributed by atoms with Crippen molar-refractivity contribution in [3.63, 3.8) is 0 Å². The third kappa shape index (κ3) is 3.36. The summed E-state index contributed by atoms with van der Waals surface area (Å²) in [7, 11) is 2.23. The van der Waals surface area contributed by atoms with Gasteiger partial charge in [0.2, 0.25) is 0 Å². The van der Waals surface area contributed by atoms with Crippen LogP contribution in [0.15, 0.2) is 0 Å². The molecular weight excluding hydrogens is 166 g/mol. The molecule has 1 rings (SSSR count). The normalized spacial score (nSPS) is 22.2. The Hall–Kier alpha value is 0.310. The van der Waals surface area contributed by atoms with Gasteiger partial charge in [-0.3, -0.25) is 4.31 Å². The van der Waals surface area contributed by atoms with E-state index in [0.29, 0.717) is 0 Å². The first-order valence-electron chi connectivity index (χ1n) is 5.11. The molecule has 0 unspecified atom stereocenters. The van der Waals surface area contributed by atoms with Crippen molar-refractivity contribution >= 4 is 11.9 Å². The van der Waals surface area contributed by atoms with E-state index in [2.05, 4.69) is 17.6 Å². The number of hydrogen-bond donors (Lipinski definition) is 0. The van der Waals surface area contributed by atoms with Gasteiger partial charge in [-0.15, -0.1) is 0 Å². The predicted molar refractivity (Wildman–Crippen MR) is 57.4 cm³/mol. The van der Waals surface area contributed by atoms with Crippen molar-refractivity contribution < 1.29 is 0 Å². The molecular formula is C10H21NS. The molecule has 0 atom stereocenters. The lowest BCUT2D eigenvalue weighted by Crippen LogP contribution is -2.26. The van der Waals surface area contributed by atoms with Crippen molar-refractivity contribution in [2.45, 2.75) is 51.0 Å². The fraction of sp³-hybridized carbons (Fsp3) is 1.00. The SMILES string of the molecule is CSN(C)C1CCCCCCC1. The van der Waals surface area contributed by atoms with Crippen LogP contribution in [0.2, 0.25) is 0 Å². The minimum Gasteiger partial charge on any atom is -0.251 e. The molecule has 0 bridgehead atoms. The second-order valence-corrected chi connectivity index (χ2v) is 4.67. The van der Waals surface area contributed by atoms with Crippen LogP contribution in [0.25, 0.3) is 0 Å². The minimum atomic E-state index is 0.847. The molecule has 0 spiro atoms. The highest BCUT2D eigenvalue weighted by molar-refractivity contribution is 7.96. The van der Waals surface area contributed by atoms with E-state index >= 15 is 0 Å². The topological polar surface area (TPSA) is 3.24 Å². The average Bonchev–Trinajstić information content (AvgIpc) is 2.02. The third-order valence-corrected chi connectivity index (χ3v) is 3.75. The Morgan fingerprint density at radius 1 is 1.00 bits per heavy atom. The summed E-state index contributed by atoms with van der Waals surface area (Å²) < 4.78 is 2.44. The van der Waals surface area contributed by atoms with Crippen molar-refractivity contribution in [1.29, 1.82) is 0 Å². The number of nitrogens with zero attached hydrogens (tertiary/aromatic N) is 1. The Labute approximate surface area is 81.0 Å². The molecule has 0 aromatic carbocycles. The molecule has 0 saturated heterocycles. The molecule has 1 aliphatic carbocycles. The molecule has 1 saturated carbocycles. The molecule has 0 aromatic heterocycles. The Balaban J connectivity index is 2.29. The Bertz CT molecular complexity index is 108. The lowest BCUT2D eigenvalue weighted by atomic mass is 9.97. The molecule has 0 aromatic rings. The van der Waals surface area contributed by atoms with Crippen molar-refractivity contribution in [2.24, 2.45) is 0 Å². The van der Waals surface area contributed by atoms with Gasteiger partial charge in [-0.1, -0.05) is 44.1 Å². The van der Waals surface area contributed by atoms with Gasteiger partial charge in [0.1, 0.15) is 0 Å². The minimum absolute atomic E-state index is 0.847. The van der Waals surface area contributed by atoms with Crippen LogP contribution in [0.3, 0.4) is 0 Å². The van der Waals surface area contributed by atoms with Gasteiger partial charge >= 0.3 is 0 Å². The van der Waals surface area contributed by atoms with Crippen LogP contribution in [0.1, 0.15) is 44.9 Å². The van der Waals surface area contributed by atoms with Gasteiger partial charge in [0.05, 0.1) is 0 Å². The monoisotopic (exact) mass is 187 g/mol. The molecule has 72 valence electrons. The van der Waals surface area contributed by atoms with E-state index in [0.717, 1.165) is 6.04 Å². The molecule has 0 N–H and O–H groups in total. The largest absolute Gasteiger partial charge is 0.251 e. The van der Waals surface area contributed by atoms with E-state index in [-0.39, 0.29) is 0 Å². The van der Waals surface area contributed by atoms with Crippen LogP contribution in [0, 0.1) is 0 Å². The second kappa shape index (κ2) is 5.87. The second-order valence-electron chi connectivity index (χ2n) is 3.73. The van der Waals surface area contributed by atoms with Gasteiger partial charge in [-0.2, -0.15) is 0 Å². The van der Waals surface area contributed by atoms with Gasteiger partial charge in [0.15, 0.2) is 0 Å². The summed E-state index contributed by atoms with van der Waals surface area (Å²) in [6, 6.07) is 0.847. The summed E-state index contributed by atoms with van der Waals surface area (Å²) in [4.78, 5) is 0. The van der Waals surface area contributed by atoms with Gasteiger partial charge < -0.3 is 0 Å². The molecule has 1 nitrogen and oxygen atoms in total. The standard InChI is InChI=1S/C10H21NS/c1-11(12-2)10-8-6-4-3-5-7-9-10/h10H,3-9H2,1-2H3. The fourth-order valence-electron chi connectivity index (χ4n) is 1.95. The van der Waals surface area contributed by atoms with Crippen molar-refractivity contribution in [3.05, 3.63) is 0 Å². The summed E-state index contributed by atoms with van der Waals surface area (Å²) in [6.45, 7) is 0. The Morgan fingerprint density at radius 2 is 1.50 bits per heavy atom. The molecule has 12 heavy (non-hydrogen) atoms. The first-order valence-corrected chi connectivity index (χ1v) is 6.29. The van der Waals surface area contributed by atoms with Gasteiger partial charge in [0.25, 0.3) is 0 Å². The van der Waals surface area contributed by atoms with Crippen LogP contribution < -0.4 is 0 Å². The van der Waals surface area contributed by atoms with Crippen LogP contribution in [0.4, 0.5) is 0 Å². The maximum absolute atomic E-state index is 2.44. The average molecular weight is 187 g/mol. The van der Waals surface area contributed by atoms with Crippen LogP contribution in [-0.2, 0) is 0 Å². The smallest absolute Gasteiger partial charge is 0.0199 e. The Morgan fingerprint density at radius 3 is 2.00 bits per heavy atom. The van der Waals surface area contributed by atoms with E-state index in [4.69, 9.17) is 0 Å². The summed E-state index contributed by atoms with van der Waals surface area (Å²) in [6.07, 6.45) is 12.3. The zero-order valence-corrected chi connectivity index (χ0v) is 9.20. The lowest BCUT2D eigenvalue weighted by Gasteiger charge is -2.27. The molecule has 2 heteroatoms.